The molecule has 0 unspecified atom stereocenters. The minimum absolute atomic E-state index is 0.124. The van der Waals surface area contributed by atoms with Crippen LogP contribution >= 0.6 is 0 Å². The summed E-state index contributed by atoms with van der Waals surface area (Å²) in [5, 5.41) is 3.66. The topological polar surface area (TPSA) is 80.4 Å². The lowest BCUT2D eigenvalue weighted by Crippen LogP contribution is -2.26. The Bertz CT molecular complexity index is 956. The first kappa shape index (κ1) is 16.6. The number of hydrogen-bond donors (Lipinski definition) is 2. The van der Waals surface area contributed by atoms with Gasteiger partial charge in [0.05, 0.1) is 14.2 Å². The molecule has 2 aromatic carbocycles. The molecule has 1 heterocycles. The maximum absolute atomic E-state index is 12.4. The molecule has 3 rings (SSSR count). The summed E-state index contributed by atoms with van der Waals surface area (Å²) in [4.78, 5) is 27.3. The zero-order chi connectivity index (χ0) is 17.8. The number of pyridine rings is 1. The van der Waals surface area contributed by atoms with Crippen molar-refractivity contribution in [3.05, 3.63) is 70.0 Å². The van der Waals surface area contributed by atoms with Gasteiger partial charge in [0.2, 0.25) is 0 Å². The molecule has 25 heavy (non-hydrogen) atoms. The SMILES string of the molecule is COc1cc(OC)cc(C(=O)NCc2cc3ccccc3[nH]c2=O)c1. The fourth-order valence-electron chi connectivity index (χ4n) is 2.54. The molecule has 2 N–H and O–H groups in total. The first-order valence-corrected chi connectivity index (χ1v) is 7.73. The smallest absolute Gasteiger partial charge is 0.253 e. The van der Waals surface area contributed by atoms with E-state index in [0.29, 0.717) is 22.6 Å². The average Bonchev–Trinajstić information content (AvgIpc) is 2.65. The highest BCUT2D eigenvalue weighted by molar-refractivity contribution is 5.95. The van der Waals surface area contributed by atoms with Crippen molar-refractivity contribution >= 4 is 16.8 Å². The van der Waals surface area contributed by atoms with E-state index in [1.165, 1.54) is 14.2 Å². The van der Waals surface area contributed by atoms with Crippen molar-refractivity contribution in [3.8, 4) is 11.5 Å². The molecule has 0 aliphatic heterocycles. The second-order valence-electron chi connectivity index (χ2n) is 5.49. The number of para-hydroxylation sites is 1. The number of carbonyl (C=O) groups excluding carboxylic acids is 1. The first-order valence-electron chi connectivity index (χ1n) is 7.73. The number of carbonyl (C=O) groups is 1. The fraction of sp³-hybridized carbons (Fsp3) is 0.158. The van der Waals surface area contributed by atoms with E-state index in [9.17, 15) is 9.59 Å². The molecule has 0 aliphatic rings. The summed E-state index contributed by atoms with van der Waals surface area (Å²) >= 11 is 0. The van der Waals surface area contributed by atoms with Crippen LogP contribution in [0.5, 0.6) is 11.5 Å². The number of rotatable bonds is 5. The summed E-state index contributed by atoms with van der Waals surface area (Å²) in [6, 6.07) is 14.2. The third-order valence-corrected chi connectivity index (χ3v) is 3.88. The Kier molecular flexibility index (Phi) is 4.70. The van der Waals surface area contributed by atoms with E-state index < -0.39 is 0 Å². The van der Waals surface area contributed by atoms with Crippen molar-refractivity contribution in [2.75, 3.05) is 14.2 Å². The molecule has 0 saturated heterocycles. The first-order chi connectivity index (χ1) is 12.1. The lowest BCUT2D eigenvalue weighted by atomic mass is 10.1. The highest BCUT2D eigenvalue weighted by Gasteiger charge is 2.11. The lowest BCUT2D eigenvalue weighted by Gasteiger charge is -2.09. The van der Waals surface area contributed by atoms with Crippen molar-refractivity contribution in [2.24, 2.45) is 0 Å². The molecule has 0 atom stereocenters. The minimum Gasteiger partial charge on any atom is -0.497 e. The standard InChI is InChI=1S/C19H18N2O4/c1-24-15-8-13(9-16(10-15)25-2)18(22)20-11-14-7-12-5-3-4-6-17(12)21-19(14)23/h3-10H,11H2,1-2H3,(H,20,22)(H,21,23). The third kappa shape index (κ3) is 3.63. The zero-order valence-electron chi connectivity index (χ0n) is 14.0. The molecule has 0 spiro atoms. The number of aromatic nitrogens is 1. The van der Waals surface area contributed by atoms with Crippen molar-refractivity contribution in [1.29, 1.82) is 0 Å². The number of hydrogen-bond acceptors (Lipinski definition) is 4. The maximum Gasteiger partial charge on any atom is 0.253 e. The second kappa shape index (κ2) is 7.09. The number of benzene rings is 2. The Morgan fingerprint density at radius 1 is 1.04 bits per heavy atom. The number of amides is 1. The Morgan fingerprint density at radius 3 is 2.40 bits per heavy atom. The summed E-state index contributed by atoms with van der Waals surface area (Å²) in [6.45, 7) is 0.124. The van der Waals surface area contributed by atoms with Crippen molar-refractivity contribution in [2.45, 2.75) is 6.54 Å². The van der Waals surface area contributed by atoms with Gasteiger partial charge in [0.1, 0.15) is 11.5 Å². The van der Waals surface area contributed by atoms with Crippen LogP contribution < -0.4 is 20.3 Å². The van der Waals surface area contributed by atoms with E-state index in [4.69, 9.17) is 9.47 Å². The average molecular weight is 338 g/mol. The predicted molar refractivity (Wildman–Crippen MR) is 95.3 cm³/mol. The Hall–Kier alpha value is -3.28. The Labute approximate surface area is 144 Å². The highest BCUT2D eigenvalue weighted by atomic mass is 16.5. The summed E-state index contributed by atoms with van der Waals surface area (Å²) in [5.74, 6) is 0.728. The van der Waals surface area contributed by atoms with Gasteiger partial charge in [-0.3, -0.25) is 9.59 Å². The van der Waals surface area contributed by atoms with Gasteiger partial charge in [-0.25, -0.2) is 0 Å². The molecule has 128 valence electrons. The van der Waals surface area contributed by atoms with Crippen molar-refractivity contribution < 1.29 is 14.3 Å². The molecule has 0 aliphatic carbocycles. The summed E-state index contributed by atoms with van der Waals surface area (Å²) < 4.78 is 10.3. The van der Waals surface area contributed by atoms with Crippen molar-refractivity contribution in [1.82, 2.24) is 10.3 Å². The van der Waals surface area contributed by atoms with Gasteiger partial charge in [-0.15, -0.1) is 0 Å². The maximum atomic E-state index is 12.4. The third-order valence-electron chi connectivity index (χ3n) is 3.88. The number of nitrogens with one attached hydrogen (secondary N) is 2. The van der Waals surface area contributed by atoms with Crippen LogP contribution in [0.4, 0.5) is 0 Å². The fourth-order valence-corrected chi connectivity index (χ4v) is 2.54. The van der Waals surface area contributed by atoms with Gasteiger partial charge in [0.25, 0.3) is 11.5 Å². The van der Waals surface area contributed by atoms with Crippen LogP contribution in [0.2, 0.25) is 0 Å². The van der Waals surface area contributed by atoms with E-state index >= 15 is 0 Å². The van der Waals surface area contributed by atoms with Crippen LogP contribution in [0.25, 0.3) is 10.9 Å². The molecular weight excluding hydrogens is 320 g/mol. The molecule has 6 heteroatoms. The summed E-state index contributed by atoms with van der Waals surface area (Å²) in [6.07, 6.45) is 0. The van der Waals surface area contributed by atoms with Crippen LogP contribution in [0.1, 0.15) is 15.9 Å². The molecular formula is C19H18N2O4. The highest BCUT2D eigenvalue weighted by Crippen LogP contribution is 2.22. The zero-order valence-corrected chi connectivity index (χ0v) is 14.0. The second-order valence-corrected chi connectivity index (χ2v) is 5.49. The van der Waals surface area contributed by atoms with E-state index in [-0.39, 0.29) is 18.0 Å². The number of ether oxygens (including phenoxy) is 2. The Balaban J connectivity index is 1.81. The van der Waals surface area contributed by atoms with Crippen molar-refractivity contribution in [3.63, 3.8) is 0 Å². The molecule has 0 saturated carbocycles. The van der Waals surface area contributed by atoms with Gasteiger partial charge in [-0.1, -0.05) is 18.2 Å². The number of aromatic amines is 1. The van der Waals surface area contributed by atoms with Gasteiger partial charge < -0.3 is 19.8 Å². The molecule has 0 bridgehead atoms. The summed E-state index contributed by atoms with van der Waals surface area (Å²) in [7, 11) is 3.04. The molecule has 0 radical (unpaired) electrons. The van der Waals surface area contributed by atoms with Crippen LogP contribution in [0.3, 0.4) is 0 Å². The van der Waals surface area contributed by atoms with Gasteiger partial charge in [0.15, 0.2) is 0 Å². The quantitative estimate of drug-likeness (QED) is 0.749. The van der Waals surface area contributed by atoms with Crippen LogP contribution in [-0.4, -0.2) is 25.1 Å². The Morgan fingerprint density at radius 2 is 1.72 bits per heavy atom. The molecule has 1 aromatic heterocycles. The van der Waals surface area contributed by atoms with Crippen LogP contribution in [-0.2, 0) is 6.54 Å². The number of fused-ring (bicyclic) bond motifs is 1. The van der Waals surface area contributed by atoms with Crippen LogP contribution in [0.15, 0.2) is 53.3 Å². The van der Waals surface area contributed by atoms with Gasteiger partial charge in [0, 0.05) is 29.3 Å². The normalized spacial score (nSPS) is 10.5. The van der Waals surface area contributed by atoms with Gasteiger partial charge in [-0.05, 0) is 29.7 Å². The molecule has 6 nitrogen and oxygen atoms in total. The molecule has 0 fully saturated rings. The van der Waals surface area contributed by atoms with Crippen LogP contribution in [0, 0.1) is 0 Å². The van der Waals surface area contributed by atoms with E-state index in [0.717, 1.165) is 10.9 Å². The van der Waals surface area contributed by atoms with E-state index in [1.807, 2.05) is 24.3 Å². The van der Waals surface area contributed by atoms with E-state index in [2.05, 4.69) is 10.3 Å². The largest absolute Gasteiger partial charge is 0.497 e. The predicted octanol–water partition coefficient (Wildman–Crippen LogP) is 2.48. The minimum atomic E-state index is -0.315. The van der Waals surface area contributed by atoms with E-state index in [1.54, 1.807) is 24.3 Å². The summed E-state index contributed by atoms with van der Waals surface area (Å²) in [5.41, 5.74) is 1.43. The molecule has 3 aromatic rings. The number of methoxy groups -OCH3 is 2. The molecule has 1 amide bonds. The van der Waals surface area contributed by atoms with Gasteiger partial charge in [-0.2, -0.15) is 0 Å². The number of H-pyrrole nitrogens is 1. The van der Waals surface area contributed by atoms with Gasteiger partial charge >= 0.3 is 0 Å². The lowest BCUT2D eigenvalue weighted by molar-refractivity contribution is 0.0950. The monoisotopic (exact) mass is 338 g/mol.